The van der Waals surface area contributed by atoms with Gasteiger partial charge in [0.1, 0.15) is 22.7 Å². The first-order chi connectivity index (χ1) is 15.1. The predicted molar refractivity (Wildman–Crippen MR) is 116 cm³/mol. The van der Waals surface area contributed by atoms with Gasteiger partial charge in [0, 0.05) is 0 Å². The molecule has 0 aliphatic carbocycles. The van der Waals surface area contributed by atoms with E-state index in [0.717, 1.165) is 0 Å². The molecule has 6 nitrogen and oxygen atoms in total. The molecule has 2 aromatic heterocycles. The third-order valence-electron chi connectivity index (χ3n) is 5.35. The topological polar surface area (TPSA) is 101 Å². The number of benzene rings is 3. The first-order valence-corrected chi connectivity index (χ1v) is 9.60. The van der Waals surface area contributed by atoms with Crippen LogP contribution in [0.2, 0.25) is 0 Å². The maximum absolute atomic E-state index is 13.0. The molecular weight excluding hydrogens is 535 g/mol. The van der Waals surface area contributed by atoms with Crippen LogP contribution >= 0.6 is 0 Å². The average molecular weight is 551 g/mol. The Kier molecular flexibility index (Phi) is 6.06. The third-order valence-corrected chi connectivity index (χ3v) is 5.35. The zero-order chi connectivity index (χ0) is 21.5. The van der Waals surface area contributed by atoms with Gasteiger partial charge in [0.05, 0.1) is 27.8 Å². The van der Waals surface area contributed by atoms with Gasteiger partial charge in [-0.3, -0.25) is 0 Å². The summed E-state index contributed by atoms with van der Waals surface area (Å²) in [5.74, 6) is -1.73. The SMILES string of the molecule is O=c1oc2ccccc2c(O)c1C(c1ccccc1)c1c(O)c2ccccc2oc1=O.[La+3]. The maximum Gasteiger partial charge on any atom is 3.00 e. The van der Waals surface area contributed by atoms with Crippen LogP contribution in [0.15, 0.2) is 97.3 Å². The van der Waals surface area contributed by atoms with E-state index in [1.165, 1.54) is 0 Å². The van der Waals surface area contributed by atoms with Crippen molar-refractivity contribution in [2.75, 3.05) is 0 Å². The van der Waals surface area contributed by atoms with Gasteiger partial charge in [-0.2, -0.15) is 0 Å². The Hall–Kier alpha value is -3.13. The summed E-state index contributed by atoms with van der Waals surface area (Å²) < 4.78 is 10.9. The molecule has 2 heterocycles. The van der Waals surface area contributed by atoms with E-state index in [0.29, 0.717) is 16.3 Å². The summed E-state index contributed by atoms with van der Waals surface area (Å²) in [6, 6.07) is 21.8. The quantitative estimate of drug-likeness (QED) is 0.321. The monoisotopic (exact) mass is 551 g/mol. The Labute approximate surface area is 209 Å². The van der Waals surface area contributed by atoms with Crippen LogP contribution in [0, 0.1) is 35.6 Å². The fourth-order valence-corrected chi connectivity index (χ4v) is 3.93. The van der Waals surface area contributed by atoms with Crippen molar-refractivity contribution in [2.24, 2.45) is 0 Å². The molecule has 0 unspecified atom stereocenters. The fourth-order valence-electron chi connectivity index (χ4n) is 3.93. The van der Waals surface area contributed by atoms with Gasteiger partial charge >= 0.3 is 46.9 Å². The molecule has 0 spiro atoms. The average Bonchev–Trinajstić information content (AvgIpc) is 2.78. The van der Waals surface area contributed by atoms with Crippen LogP contribution in [-0.2, 0) is 0 Å². The summed E-state index contributed by atoms with van der Waals surface area (Å²) >= 11 is 0. The van der Waals surface area contributed by atoms with Crippen molar-refractivity contribution in [1.82, 2.24) is 0 Å². The molecule has 5 aromatic rings. The standard InChI is InChI=1S/C25H16O6.La/c26-22-15-10-4-6-12-17(15)30-24(28)20(22)19(14-8-2-1-3-9-14)21-23(27)16-11-5-7-13-18(16)31-25(21)29;/h1-13,19,26-27H;/q;+3. The summed E-state index contributed by atoms with van der Waals surface area (Å²) in [6.45, 7) is 0. The number of hydrogen-bond donors (Lipinski definition) is 2. The molecule has 0 fully saturated rings. The normalized spacial score (nSPS) is 11.0. The Bertz CT molecular complexity index is 1450. The number of aromatic hydroxyl groups is 2. The van der Waals surface area contributed by atoms with Crippen LogP contribution in [0.25, 0.3) is 21.9 Å². The Morgan fingerprint density at radius 1 is 0.594 bits per heavy atom. The van der Waals surface area contributed by atoms with Crippen LogP contribution in [0.3, 0.4) is 0 Å². The van der Waals surface area contributed by atoms with Gasteiger partial charge in [0.15, 0.2) is 0 Å². The summed E-state index contributed by atoms with van der Waals surface area (Å²) in [5, 5.41) is 22.7. The van der Waals surface area contributed by atoms with E-state index >= 15 is 0 Å². The minimum atomic E-state index is -1.11. The van der Waals surface area contributed by atoms with Gasteiger partial charge in [0.2, 0.25) is 0 Å². The predicted octanol–water partition coefficient (Wildman–Crippen LogP) is 4.49. The van der Waals surface area contributed by atoms with Crippen molar-refractivity contribution in [1.29, 1.82) is 0 Å². The number of rotatable bonds is 3. The first kappa shape index (κ1) is 22.1. The number of fused-ring (bicyclic) bond motifs is 2. The summed E-state index contributed by atoms with van der Waals surface area (Å²) in [7, 11) is 0. The van der Waals surface area contributed by atoms with Crippen LogP contribution in [0.5, 0.6) is 11.5 Å². The van der Waals surface area contributed by atoms with Gasteiger partial charge in [-0.15, -0.1) is 0 Å². The number of hydrogen-bond acceptors (Lipinski definition) is 6. The van der Waals surface area contributed by atoms with E-state index in [2.05, 4.69) is 0 Å². The second kappa shape index (κ2) is 8.78. The van der Waals surface area contributed by atoms with Crippen molar-refractivity contribution in [3.63, 3.8) is 0 Å². The minimum absolute atomic E-state index is 0. The molecular formula is C25H16LaO6+3. The van der Waals surface area contributed by atoms with Crippen molar-refractivity contribution in [3.05, 3.63) is 116 Å². The fraction of sp³-hybridized carbons (Fsp3) is 0.0400. The molecule has 7 heteroatoms. The Morgan fingerprint density at radius 3 is 1.47 bits per heavy atom. The second-order valence-corrected chi connectivity index (χ2v) is 7.14. The van der Waals surface area contributed by atoms with Gasteiger partial charge < -0.3 is 19.0 Å². The van der Waals surface area contributed by atoms with E-state index < -0.39 is 17.2 Å². The summed E-state index contributed by atoms with van der Waals surface area (Å²) in [4.78, 5) is 26.0. The Morgan fingerprint density at radius 2 is 1.00 bits per heavy atom. The molecule has 0 aliphatic heterocycles. The Balaban J connectivity index is 0.00000245. The molecule has 0 saturated carbocycles. The molecule has 0 radical (unpaired) electrons. The van der Waals surface area contributed by atoms with Gasteiger partial charge in [-0.05, 0) is 29.8 Å². The van der Waals surface area contributed by atoms with Crippen LogP contribution < -0.4 is 11.3 Å². The van der Waals surface area contributed by atoms with Crippen molar-refractivity contribution < 1.29 is 54.6 Å². The zero-order valence-corrected chi connectivity index (χ0v) is 20.3. The van der Waals surface area contributed by atoms with Crippen LogP contribution in [0.1, 0.15) is 22.6 Å². The van der Waals surface area contributed by atoms with Crippen molar-refractivity contribution >= 4 is 21.9 Å². The molecule has 0 amide bonds. The van der Waals surface area contributed by atoms with E-state index in [1.54, 1.807) is 78.9 Å². The van der Waals surface area contributed by atoms with Crippen LogP contribution in [-0.4, -0.2) is 10.2 Å². The molecule has 0 saturated heterocycles. The van der Waals surface area contributed by atoms with Gasteiger partial charge in [0.25, 0.3) is 0 Å². The summed E-state index contributed by atoms with van der Waals surface area (Å²) in [6.07, 6.45) is 0. The van der Waals surface area contributed by atoms with E-state index in [9.17, 15) is 19.8 Å². The van der Waals surface area contributed by atoms with Crippen LogP contribution in [0.4, 0.5) is 0 Å². The molecule has 2 N–H and O–H groups in total. The molecule has 3 aromatic carbocycles. The second-order valence-electron chi connectivity index (χ2n) is 7.14. The minimum Gasteiger partial charge on any atom is -0.507 e. The zero-order valence-electron chi connectivity index (χ0n) is 16.7. The van der Waals surface area contributed by atoms with Gasteiger partial charge in [-0.25, -0.2) is 9.59 Å². The molecule has 0 bridgehead atoms. The van der Waals surface area contributed by atoms with Crippen molar-refractivity contribution in [2.45, 2.75) is 5.92 Å². The van der Waals surface area contributed by atoms with Crippen molar-refractivity contribution in [3.8, 4) is 11.5 Å². The van der Waals surface area contributed by atoms with E-state index in [1.807, 2.05) is 0 Å². The number of para-hydroxylation sites is 2. The maximum atomic E-state index is 13.0. The van der Waals surface area contributed by atoms with E-state index in [-0.39, 0.29) is 69.4 Å². The molecule has 0 atom stereocenters. The smallest absolute Gasteiger partial charge is 0.507 e. The van der Waals surface area contributed by atoms with Gasteiger partial charge in [-0.1, -0.05) is 54.6 Å². The molecule has 5 rings (SSSR count). The summed E-state index contributed by atoms with van der Waals surface area (Å²) in [5.41, 5.74) is -0.969. The molecule has 0 aliphatic rings. The first-order valence-electron chi connectivity index (χ1n) is 9.60. The molecule has 32 heavy (non-hydrogen) atoms. The van der Waals surface area contributed by atoms with E-state index in [4.69, 9.17) is 8.83 Å². The third kappa shape index (κ3) is 3.58. The largest absolute Gasteiger partial charge is 3.00 e. The molecule has 152 valence electrons.